The van der Waals surface area contributed by atoms with E-state index < -0.39 is 5.54 Å². The molecular formula is C12H15ClN4O2. The highest BCUT2D eigenvalue weighted by molar-refractivity contribution is 6.32. The highest BCUT2D eigenvalue weighted by Gasteiger charge is 2.39. The quantitative estimate of drug-likeness (QED) is 0.646. The number of halogens is 1. The Kier molecular flexibility index (Phi) is 3.45. The fraction of sp³-hybridized carbons (Fsp3) is 0.500. The number of aryl methyl sites for hydroxylation is 1. The number of hydrogen-bond donors (Lipinski definition) is 1. The maximum absolute atomic E-state index is 12.0. The number of anilines is 1. The number of rotatable bonds is 2. The summed E-state index contributed by atoms with van der Waals surface area (Å²) < 4.78 is 0. The van der Waals surface area contributed by atoms with Crippen LogP contribution in [0.15, 0.2) is 0 Å². The molecule has 0 atom stereocenters. The lowest BCUT2D eigenvalue weighted by Gasteiger charge is -2.42. The van der Waals surface area contributed by atoms with Crippen LogP contribution in [0.3, 0.4) is 0 Å². The molecule has 1 N–H and O–H groups in total. The number of carbonyl (C=O) groups excluding carboxylic acids is 2. The highest BCUT2D eigenvalue weighted by atomic mass is 35.5. The van der Waals surface area contributed by atoms with Gasteiger partial charge in [0.2, 0.25) is 5.91 Å². The van der Waals surface area contributed by atoms with Crippen LogP contribution in [0.25, 0.3) is 0 Å². The maximum atomic E-state index is 12.0. The van der Waals surface area contributed by atoms with Crippen LogP contribution in [-0.4, -0.2) is 40.8 Å². The summed E-state index contributed by atoms with van der Waals surface area (Å²) in [6.45, 7) is 6.32. The minimum atomic E-state index is -0.792. The maximum Gasteiger partial charge on any atom is 0.245 e. The van der Waals surface area contributed by atoms with Crippen LogP contribution in [0.2, 0.25) is 5.15 Å². The Labute approximate surface area is 116 Å². The lowest BCUT2D eigenvalue weighted by Crippen LogP contribution is -2.62. The topological polar surface area (TPSA) is 75.2 Å². The smallest absolute Gasteiger partial charge is 0.245 e. The number of nitrogens with one attached hydrogen (secondary N) is 1. The lowest BCUT2D eigenvalue weighted by molar-refractivity contribution is -0.126. The van der Waals surface area contributed by atoms with Crippen molar-refractivity contribution in [2.75, 3.05) is 18.0 Å². The molecule has 1 amide bonds. The van der Waals surface area contributed by atoms with Gasteiger partial charge in [0.25, 0.3) is 0 Å². The van der Waals surface area contributed by atoms with E-state index in [1.54, 1.807) is 25.7 Å². The van der Waals surface area contributed by atoms with Crippen LogP contribution in [0, 0.1) is 6.92 Å². The molecule has 2 heterocycles. The SMILES string of the molecule is Cc1nc(Cl)c(C=O)c(N2CCNC(=O)C2(C)C)n1. The van der Waals surface area contributed by atoms with Crippen LogP contribution >= 0.6 is 11.6 Å². The van der Waals surface area contributed by atoms with Gasteiger partial charge in [-0.15, -0.1) is 0 Å². The Morgan fingerprint density at radius 3 is 2.74 bits per heavy atom. The summed E-state index contributed by atoms with van der Waals surface area (Å²) in [5.74, 6) is 0.766. The van der Waals surface area contributed by atoms with Crippen LogP contribution in [0.4, 0.5) is 5.82 Å². The van der Waals surface area contributed by atoms with Gasteiger partial charge in [0.1, 0.15) is 22.3 Å². The summed E-state index contributed by atoms with van der Waals surface area (Å²) >= 11 is 5.97. The first-order valence-corrected chi connectivity index (χ1v) is 6.31. The summed E-state index contributed by atoms with van der Waals surface area (Å²) in [7, 11) is 0. The second-order valence-electron chi connectivity index (χ2n) is 4.88. The van der Waals surface area contributed by atoms with Gasteiger partial charge < -0.3 is 10.2 Å². The molecule has 2 rings (SSSR count). The minimum absolute atomic E-state index is 0.108. The Morgan fingerprint density at radius 2 is 2.11 bits per heavy atom. The second kappa shape index (κ2) is 4.77. The molecule has 0 aliphatic carbocycles. The molecule has 1 fully saturated rings. The Hall–Kier alpha value is -1.69. The molecule has 0 saturated carbocycles. The first kappa shape index (κ1) is 13.7. The number of nitrogens with zero attached hydrogens (tertiary/aromatic N) is 3. The first-order chi connectivity index (χ1) is 8.87. The van der Waals surface area contributed by atoms with Gasteiger partial charge in [0, 0.05) is 13.1 Å². The van der Waals surface area contributed by atoms with Crippen LogP contribution in [-0.2, 0) is 4.79 Å². The van der Waals surface area contributed by atoms with Crippen molar-refractivity contribution >= 4 is 29.6 Å². The molecule has 1 aliphatic heterocycles. The zero-order valence-corrected chi connectivity index (χ0v) is 11.8. The normalized spacial score (nSPS) is 18.1. The largest absolute Gasteiger partial charge is 0.352 e. The Morgan fingerprint density at radius 1 is 1.42 bits per heavy atom. The number of aldehydes is 1. The van der Waals surface area contributed by atoms with E-state index in [1.165, 1.54) is 0 Å². The van der Waals surface area contributed by atoms with Crippen molar-refractivity contribution in [3.63, 3.8) is 0 Å². The molecule has 6 nitrogen and oxygen atoms in total. The molecule has 19 heavy (non-hydrogen) atoms. The van der Waals surface area contributed by atoms with E-state index in [9.17, 15) is 9.59 Å². The molecule has 0 radical (unpaired) electrons. The summed E-state index contributed by atoms with van der Waals surface area (Å²) in [4.78, 5) is 33.2. The fourth-order valence-electron chi connectivity index (χ4n) is 2.11. The zero-order chi connectivity index (χ0) is 14.2. The number of piperazine rings is 1. The molecule has 102 valence electrons. The lowest BCUT2D eigenvalue weighted by atomic mass is 9.98. The molecule has 1 aromatic heterocycles. The molecule has 0 bridgehead atoms. The van der Waals surface area contributed by atoms with E-state index in [0.29, 0.717) is 31.0 Å². The van der Waals surface area contributed by atoms with Gasteiger partial charge in [0.15, 0.2) is 6.29 Å². The Bertz CT molecular complexity index is 545. The van der Waals surface area contributed by atoms with Crippen molar-refractivity contribution in [3.05, 3.63) is 16.5 Å². The Balaban J connectivity index is 2.57. The van der Waals surface area contributed by atoms with E-state index in [-0.39, 0.29) is 16.6 Å². The van der Waals surface area contributed by atoms with E-state index in [2.05, 4.69) is 15.3 Å². The van der Waals surface area contributed by atoms with Gasteiger partial charge in [-0.3, -0.25) is 9.59 Å². The standard InChI is InChI=1S/C12H15ClN4O2/c1-7-15-9(13)8(6-18)10(16-7)17-5-4-14-11(19)12(17,2)3/h6H,4-5H2,1-3H3,(H,14,19). The van der Waals surface area contributed by atoms with Gasteiger partial charge in [0.05, 0.1) is 5.56 Å². The molecule has 1 aromatic rings. The van der Waals surface area contributed by atoms with Crippen molar-refractivity contribution in [2.24, 2.45) is 0 Å². The molecule has 1 aliphatic rings. The zero-order valence-electron chi connectivity index (χ0n) is 11.0. The molecular weight excluding hydrogens is 268 g/mol. The van der Waals surface area contributed by atoms with Gasteiger partial charge in [-0.2, -0.15) is 0 Å². The molecule has 7 heteroatoms. The fourth-order valence-corrected chi connectivity index (χ4v) is 2.36. The summed E-state index contributed by atoms with van der Waals surface area (Å²) in [5.41, 5.74) is -0.574. The third kappa shape index (κ3) is 2.28. The van der Waals surface area contributed by atoms with Gasteiger partial charge in [-0.1, -0.05) is 11.6 Å². The van der Waals surface area contributed by atoms with Gasteiger partial charge >= 0.3 is 0 Å². The molecule has 0 unspecified atom stereocenters. The number of carbonyl (C=O) groups is 2. The van der Waals surface area contributed by atoms with Crippen molar-refractivity contribution < 1.29 is 9.59 Å². The second-order valence-corrected chi connectivity index (χ2v) is 5.24. The molecule has 0 spiro atoms. The van der Waals surface area contributed by atoms with Crippen LogP contribution in [0.1, 0.15) is 30.0 Å². The average molecular weight is 283 g/mol. The number of hydrogen-bond acceptors (Lipinski definition) is 5. The third-order valence-corrected chi connectivity index (χ3v) is 3.50. The number of amides is 1. The molecule has 0 aromatic carbocycles. The van der Waals surface area contributed by atoms with E-state index >= 15 is 0 Å². The average Bonchev–Trinajstić information content (AvgIpc) is 2.31. The summed E-state index contributed by atoms with van der Waals surface area (Å²) in [6.07, 6.45) is 0.625. The third-order valence-electron chi connectivity index (χ3n) is 3.22. The van der Waals surface area contributed by atoms with E-state index in [0.717, 1.165) is 0 Å². The van der Waals surface area contributed by atoms with Crippen LogP contribution < -0.4 is 10.2 Å². The minimum Gasteiger partial charge on any atom is -0.352 e. The van der Waals surface area contributed by atoms with Crippen molar-refractivity contribution in [2.45, 2.75) is 26.3 Å². The van der Waals surface area contributed by atoms with Gasteiger partial charge in [-0.25, -0.2) is 9.97 Å². The monoisotopic (exact) mass is 282 g/mol. The van der Waals surface area contributed by atoms with E-state index in [4.69, 9.17) is 11.6 Å². The molecule has 1 saturated heterocycles. The highest BCUT2D eigenvalue weighted by Crippen LogP contribution is 2.29. The van der Waals surface area contributed by atoms with Crippen molar-refractivity contribution in [1.82, 2.24) is 15.3 Å². The summed E-state index contributed by atoms with van der Waals surface area (Å²) in [5, 5.41) is 2.90. The van der Waals surface area contributed by atoms with Crippen LogP contribution in [0.5, 0.6) is 0 Å². The van der Waals surface area contributed by atoms with Gasteiger partial charge in [-0.05, 0) is 20.8 Å². The predicted molar refractivity (Wildman–Crippen MR) is 71.6 cm³/mol. The van der Waals surface area contributed by atoms with E-state index in [1.807, 2.05) is 0 Å². The number of aromatic nitrogens is 2. The van der Waals surface area contributed by atoms with Crippen molar-refractivity contribution in [1.29, 1.82) is 0 Å². The summed E-state index contributed by atoms with van der Waals surface area (Å²) in [6, 6.07) is 0. The van der Waals surface area contributed by atoms with Crippen molar-refractivity contribution in [3.8, 4) is 0 Å². The predicted octanol–water partition coefficient (Wildman–Crippen LogP) is 0.966. The first-order valence-electron chi connectivity index (χ1n) is 5.93.